The first-order valence-electron chi connectivity index (χ1n) is 22.7. The fourth-order valence-corrected chi connectivity index (χ4v) is 15.0. The van der Waals surface area contributed by atoms with Gasteiger partial charge >= 0.3 is 16.2 Å². The second-order valence-corrected chi connectivity index (χ2v) is 26.3. The number of halogens is 1. The Balaban J connectivity index is 1.43. The van der Waals surface area contributed by atoms with Crippen molar-refractivity contribution in [2.45, 2.75) is 98.1 Å². The van der Waals surface area contributed by atoms with Crippen LogP contribution in [0.5, 0.6) is 28.7 Å². The van der Waals surface area contributed by atoms with Gasteiger partial charge in [0.2, 0.25) is 6.79 Å². The van der Waals surface area contributed by atoms with Crippen LogP contribution < -0.4 is 33.5 Å². The predicted molar refractivity (Wildman–Crippen MR) is 276 cm³/mol. The molecule has 7 rings (SSSR count). The average Bonchev–Trinajstić information content (AvgIpc) is 3.79. The SMILES string of the molecule is COc1c(C)cc(C[C@H]2C(=O)N([C@@H](CO[Si](c3ccccc3)(c3ccccc3)C(C)(C)C)c3cc(OS(C)(=O)=O)c(C)c4c3OCO4)C(C)=CN2C(=O)OC(C)(C)C)c(I)c1OCc1ccccc1. The van der Waals surface area contributed by atoms with Crippen LogP contribution in [-0.2, 0) is 37.1 Å². The molecule has 0 radical (unpaired) electrons. The summed E-state index contributed by atoms with van der Waals surface area (Å²) in [5.41, 5.74) is 2.76. The predicted octanol–water partition coefficient (Wildman–Crippen LogP) is 9.73. The quantitative estimate of drug-likeness (QED) is 0.0563. The molecule has 5 aromatic rings. The molecular weight excluding hydrogens is 1030 g/mol. The molecule has 2 aliphatic rings. The molecule has 366 valence electrons. The summed E-state index contributed by atoms with van der Waals surface area (Å²) in [4.78, 5) is 33.4. The van der Waals surface area contributed by atoms with E-state index < -0.39 is 53.2 Å². The van der Waals surface area contributed by atoms with Gasteiger partial charge in [-0.15, -0.1) is 0 Å². The van der Waals surface area contributed by atoms with Crippen molar-refractivity contribution >= 4 is 63.4 Å². The van der Waals surface area contributed by atoms with Gasteiger partial charge in [0.25, 0.3) is 14.2 Å². The van der Waals surface area contributed by atoms with Crippen molar-refractivity contribution < 1.29 is 50.3 Å². The number of nitrogens with zero attached hydrogens (tertiary/aromatic N) is 2. The van der Waals surface area contributed by atoms with Gasteiger partial charge in [-0.1, -0.05) is 118 Å². The molecule has 0 aliphatic carbocycles. The van der Waals surface area contributed by atoms with E-state index in [0.717, 1.165) is 33.3 Å². The standard InChI is InChI=1S/C53H61IN2O11SSi/c1-34-27-38(45(54)49(46(34)61-10)62-31-37-21-15-12-16-22-37)28-42-50(57)56(35(2)30-55(42)51(58)66-52(4,5)6)43(41-29-44(67-68(11,59)60)36(3)47-48(41)64-33-63-47)32-65-69(53(7,8)9,39-23-17-13-18-24-39)40-25-19-14-20-26-40/h12-27,29-30,42-43H,28,31-33H2,1-11H3/t42-,43-/m0/s1. The Bertz CT molecular complexity index is 2790. The Morgan fingerprint density at radius 2 is 1.43 bits per heavy atom. The van der Waals surface area contributed by atoms with E-state index in [0.29, 0.717) is 37.6 Å². The number of hydrogen-bond donors (Lipinski definition) is 0. The van der Waals surface area contributed by atoms with Crippen molar-refractivity contribution in [1.29, 1.82) is 0 Å². The van der Waals surface area contributed by atoms with Gasteiger partial charge < -0.3 is 37.2 Å². The third kappa shape index (κ3) is 10.9. The van der Waals surface area contributed by atoms with Crippen LogP contribution >= 0.6 is 22.6 Å². The van der Waals surface area contributed by atoms with Crippen LogP contribution in [0.4, 0.5) is 4.79 Å². The summed E-state index contributed by atoms with van der Waals surface area (Å²) in [6.07, 6.45) is 1.93. The summed E-state index contributed by atoms with van der Waals surface area (Å²) in [5.74, 6) is 1.22. The highest BCUT2D eigenvalue weighted by atomic mass is 127. The number of benzene rings is 5. The number of aryl methyl sites for hydroxylation is 1. The number of fused-ring (bicyclic) bond motifs is 1. The summed E-state index contributed by atoms with van der Waals surface area (Å²) in [7, 11) is -5.75. The summed E-state index contributed by atoms with van der Waals surface area (Å²) < 4.78 is 70.2. The first kappa shape index (κ1) is 51.3. The van der Waals surface area contributed by atoms with Crippen LogP contribution in [0.1, 0.15) is 82.3 Å². The Hall–Kier alpha value is -5.56. The highest BCUT2D eigenvalue weighted by molar-refractivity contribution is 14.1. The maximum atomic E-state index is 16.0. The van der Waals surface area contributed by atoms with Gasteiger partial charge in [0.05, 0.1) is 29.6 Å². The Morgan fingerprint density at radius 3 is 1.99 bits per heavy atom. The molecule has 2 amide bonds. The second kappa shape index (κ2) is 20.4. The lowest BCUT2D eigenvalue weighted by Gasteiger charge is -2.46. The zero-order valence-electron chi connectivity index (χ0n) is 41.0. The molecule has 13 nitrogen and oxygen atoms in total. The molecule has 0 aromatic heterocycles. The van der Waals surface area contributed by atoms with Crippen LogP contribution in [0, 0.1) is 17.4 Å². The van der Waals surface area contributed by atoms with E-state index in [1.54, 1.807) is 58.9 Å². The normalized spacial score (nSPS) is 15.7. The molecule has 0 bridgehead atoms. The third-order valence-electron chi connectivity index (χ3n) is 12.1. The van der Waals surface area contributed by atoms with Gasteiger partial charge in [0.1, 0.15) is 24.0 Å². The topological polar surface area (TPSA) is 139 Å². The minimum Gasteiger partial charge on any atom is -0.493 e. The van der Waals surface area contributed by atoms with E-state index in [4.69, 9.17) is 32.3 Å². The number of carbonyl (C=O) groups excluding carboxylic acids is 2. The maximum absolute atomic E-state index is 16.0. The second-order valence-electron chi connectivity index (χ2n) is 19.3. The largest absolute Gasteiger partial charge is 0.493 e. The molecule has 16 heteroatoms. The highest BCUT2D eigenvalue weighted by Crippen LogP contribution is 2.49. The van der Waals surface area contributed by atoms with Crippen molar-refractivity contribution in [3.8, 4) is 28.7 Å². The molecule has 0 N–H and O–H groups in total. The zero-order chi connectivity index (χ0) is 50.1. The molecule has 2 aliphatic heterocycles. The molecule has 5 aromatic carbocycles. The van der Waals surface area contributed by atoms with Crippen LogP contribution in [-0.4, -0.2) is 76.9 Å². The van der Waals surface area contributed by atoms with Crippen LogP contribution in [0.25, 0.3) is 0 Å². The van der Waals surface area contributed by atoms with Gasteiger partial charge in [-0.05, 0) is 102 Å². The molecule has 0 spiro atoms. The van der Waals surface area contributed by atoms with E-state index in [2.05, 4.69) is 67.6 Å². The summed E-state index contributed by atoms with van der Waals surface area (Å²) >= 11 is 2.22. The van der Waals surface area contributed by atoms with Crippen molar-refractivity contribution in [3.63, 3.8) is 0 Å². The van der Waals surface area contributed by atoms with Gasteiger partial charge in [-0.25, -0.2) is 4.79 Å². The van der Waals surface area contributed by atoms with E-state index in [-0.39, 0.29) is 37.9 Å². The number of ether oxygens (including phenoxy) is 5. The molecule has 0 unspecified atom stereocenters. The number of carbonyl (C=O) groups is 2. The van der Waals surface area contributed by atoms with Crippen LogP contribution in [0.15, 0.2) is 115 Å². The molecular formula is C53H61IN2O11SSi. The molecule has 0 saturated heterocycles. The molecule has 2 atom stereocenters. The fourth-order valence-electron chi connectivity index (χ4n) is 9.13. The van der Waals surface area contributed by atoms with Gasteiger partial charge in [0.15, 0.2) is 23.0 Å². The number of methoxy groups -OCH3 is 1. The van der Waals surface area contributed by atoms with E-state index >= 15 is 4.79 Å². The van der Waals surface area contributed by atoms with Crippen molar-refractivity contribution in [2.24, 2.45) is 0 Å². The first-order chi connectivity index (χ1) is 32.5. The summed E-state index contributed by atoms with van der Waals surface area (Å²) in [6, 6.07) is 31.4. The van der Waals surface area contributed by atoms with E-state index in [1.807, 2.05) is 79.7 Å². The van der Waals surface area contributed by atoms with Crippen LogP contribution in [0.3, 0.4) is 0 Å². The molecule has 2 heterocycles. The Morgan fingerprint density at radius 1 is 0.855 bits per heavy atom. The number of amides is 2. The Labute approximate surface area is 421 Å². The van der Waals surface area contributed by atoms with E-state index in [9.17, 15) is 13.2 Å². The third-order valence-corrected chi connectivity index (χ3v) is 18.8. The van der Waals surface area contributed by atoms with Gasteiger partial charge in [0, 0.05) is 29.4 Å². The lowest BCUT2D eigenvalue weighted by Crippen LogP contribution is -2.67. The fraction of sp³-hybridized carbons (Fsp3) is 0.358. The van der Waals surface area contributed by atoms with Crippen molar-refractivity contribution in [2.75, 3.05) is 26.8 Å². The average molecular weight is 1090 g/mol. The van der Waals surface area contributed by atoms with Gasteiger partial charge in [-0.2, -0.15) is 8.42 Å². The number of rotatable bonds is 15. The number of allylic oxidation sites excluding steroid dienone is 1. The van der Waals surface area contributed by atoms with Gasteiger partial charge in [-0.3, -0.25) is 9.69 Å². The maximum Gasteiger partial charge on any atom is 0.415 e. The minimum absolute atomic E-state index is 0.0107. The highest BCUT2D eigenvalue weighted by Gasteiger charge is 2.52. The lowest BCUT2D eigenvalue weighted by atomic mass is 9.95. The number of hydrogen-bond acceptors (Lipinski definition) is 11. The van der Waals surface area contributed by atoms with Crippen molar-refractivity contribution in [3.05, 3.63) is 146 Å². The van der Waals surface area contributed by atoms with Crippen molar-refractivity contribution in [1.82, 2.24) is 9.80 Å². The summed E-state index contributed by atoms with van der Waals surface area (Å²) in [5, 5.41) is 1.56. The first-order valence-corrected chi connectivity index (χ1v) is 27.5. The smallest absolute Gasteiger partial charge is 0.415 e. The van der Waals surface area contributed by atoms with E-state index in [1.165, 1.54) is 4.90 Å². The molecule has 0 fully saturated rings. The monoisotopic (exact) mass is 1090 g/mol. The zero-order valence-corrected chi connectivity index (χ0v) is 45.0. The Kier molecular flexibility index (Phi) is 15.2. The summed E-state index contributed by atoms with van der Waals surface area (Å²) in [6.45, 7) is 17.2. The molecule has 0 saturated carbocycles. The molecule has 69 heavy (non-hydrogen) atoms. The van der Waals surface area contributed by atoms with Crippen LogP contribution in [0.2, 0.25) is 5.04 Å². The lowest BCUT2D eigenvalue weighted by molar-refractivity contribution is -0.138. The minimum atomic E-state index is -4.04.